The fourth-order valence-corrected chi connectivity index (χ4v) is 1.32. The molecule has 0 fully saturated rings. The van der Waals surface area contributed by atoms with Gasteiger partial charge in [0.1, 0.15) is 6.79 Å². The van der Waals surface area contributed by atoms with E-state index in [9.17, 15) is 0 Å². The van der Waals surface area contributed by atoms with E-state index in [0.29, 0.717) is 20.0 Å². The van der Waals surface area contributed by atoms with Crippen molar-refractivity contribution < 1.29 is 14.2 Å². The minimum Gasteiger partial charge on any atom is -0.382 e. The molecule has 0 saturated heterocycles. The zero-order valence-corrected chi connectivity index (χ0v) is 10.5. The van der Waals surface area contributed by atoms with Gasteiger partial charge in [-0.25, -0.2) is 0 Å². The van der Waals surface area contributed by atoms with Crippen LogP contribution in [-0.4, -0.2) is 38.6 Å². The second kappa shape index (κ2) is 9.65. The second-order valence-corrected chi connectivity index (χ2v) is 3.79. The topological polar surface area (TPSA) is 27.7 Å². The Labute approximate surface area is 94.5 Å². The summed E-state index contributed by atoms with van der Waals surface area (Å²) in [5.74, 6) is 0. The van der Waals surface area contributed by atoms with Crippen molar-refractivity contribution in [2.24, 2.45) is 0 Å². The van der Waals surface area contributed by atoms with E-state index in [1.54, 1.807) is 7.11 Å². The molecule has 0 aromatic carbocycles. The zero-order chi connectivity index (χ0) is 10.8. The summed E-state index contributed by atoms with van der Waals surface area (Å²) in [6.45, 7) is 7.28. The van der Waals surface area contributed by atoms with E-state index in [2.05, 4.69) is 22.5 Å². The molecule has 0 rings (SSSR count). The van der Waals surface area contributed by atoms with E-state index in [1.165, 1.54) is 0 Å². The lowest BCUT2D eigenvalue weighted by atomic mass is 10.1. The quantitative estimate of drug-likeness (QED) is 0.278. The molecule has 0 aromatic heterocycles. The third kappa shape index (κ3) is 7.50. The normalized spacial score (nSPS) is 12.8. The standard InChI is InChI=1S/C10H19BrO3/c1-9(2)10(4-5-11)14-8-13-7-6-12-3/h10H,1,4-8H2,2-3H3. The Hall–Kier alpha value is 0.1000. The van der Waals surface area contributed by atoms with Crippen molar-refractivity contribution in [2.75, 3.05) is 32.4 Å². The fraction of sp³-hybridized carbons (Fsp3) is 0.800. The second-order valence-electron chi connectivity index (χ2n) is 3.00. The summed E-state index contributed by atoms with van der Waals surface area (Å²) in [7, 11) is 1.64. The maximum atomic E-state index is 5.48. The first-order chi connectivity index (χ1) is 6.72. The van der Waals surface area contributed by atoms with Gasteiger partial charge in [0.15, 0.2) is 0 Å². The SMILES string of the molecule is C=C(C)C(CCBr)OCOCCOC. The van der Waals surface area contributed by atoms with Crippen molar-refractivity contribution in [3.8, 4) is 0 Å². The van der Waals surface area contributed by atoms with Crippen molar-refractivity contribution >= 4 is 15.9 Å². The predicted octanol–water partition coefficient (Wildman–Crippen LogP) is 2.35. The summed E-state index contributed by atoms with van der Waals surface area (Å²) >= 11 is 3.37. The Morgan fingerprint density at radius 2 is 2.14 bits per heavy atom. The van der Waals surface area contributed by atoms with Crippen LogP contribution in [0.1, 0.15) is 13.3 Å². The van der Waals surface area contributed by atoms with Gasteiger partial charge in [-0.05, 0) is 13.3 Å². The van der Waals surface area contributed by atoms with Gasteiger partial charge in [-0.1, -0.05) is 28.1 Å². The molecule has 0 amide bonds. The van der Waals surface area contributed by atoms with Crippen LogP contribution in [-0.2, 0) is 14.2 Å². The van der Waals surface area contributed by atoms with Crippen LogP contribution in [0.3, 0.4) is 0 Å². The Morgan fingerprint density at radius 1 is 1.43 bits per heavy atom. The molecule has 0 spiro atoms. The molecule has 4 heteroatoms. The van der Waals surface area contributed by atoms with E-state index in [0.717, 1.165) is 17.3 Å². The maximum absolute atomic E-state index is 5.48. The first-order valence-corrected chi connectivity index (χ1v) is 5.74. The molecule has 0 saturated carbocycles. The molecule has 0 aliphatic carbocycles. The van der Waals surface area contributed by atoms with Gasteiger partial charge in [0, 0.05) is 12.4 Å². The lowest BCUT2D eigenvalue weighted by molar-refractivity contribution is -0.0876. The largest absolute Gasteiger partial charge is 0.382 e. The molecule has 0 heterocycles. The molecule has 1 atom stereocenters. The summed E-state index contributed by atoms with van der Waals surface area (Å²) in [5.41, 5.74) is 1.03. The van der Waals surface area contributed by atoms with E-state index in [-0.39, 0.29) is 6.10 Å². The van der Waals surface area contributed by atoms with E-state index < -0.39 is 0 Å². The van der Waals surface area contributed by atoms with Crippen LogP contribution >= 0.6 is 15.9 Å². The summed E-state index contributed by atoms with van der Waals surface area (Å²) in [5, 5.41) is 0.905. The molecule has 3 nitrogen and oxygen atoms in total. The van der Waals surface area contributed by atoms with Gasteiger partial charge in [0.25, 0.3) is 0 Å². The molecule has 0 aliphatic heterocycles. The van der Waals surface area contributed by atoms with Gasteiger partial charge in [0.05, 0.1) is 19.3 Å². The van der Waals surface area contributed by atoms with Gasteiger partial charge in [-0.15, -0.1) is 0 Å². The van der Waals surface area contributed by atoms with Crippen LogP contribution in [0, 0.1) is 0 Å². The molecule has 0 radical (unpaired) electrons. The van der Waals surface area contributed by atoms with E-state index in [1.807, 2.05) is 6.92 Å². The van der Waals surface area contributed by atoms with Crippen LogP contribution in [0.2, 0.25) is 0 Å². The summed E-state index contributed by atoms with van der Waals surface area (Å²) in [6.07, 6.45) is 1.00. The number of hydrogen-bond donors (Lipinski definition) is 0. The Bertz CT molecular complexity index is 150. The van der Waals surface area contributed by atoms with E-state index in [4.69, 9.17) is 14.2 Å². The molecule has 0 bridgehead atoms. The Morgan fingerprint density at radius 3 is 2.64 bits per heavy atom. The van der Waals surface area contributed by atoms with Crippen molar-refractivity contribution in [3.63, 3.8) is 0 Å². The van der Waals surface area contributed by atoms with Crippen LogP contribution in [0.4, 0.5) is 0 Å². The Balaban J connectivity index is 3.46. The highest BCUT2D eigenvalue weighted by Gasteiger charge is 2.08. The molecule has 0 aliphatic rings. The molecular formula is C10H19BrO3. The highest BCUT2D eigenvalue weighted by atomic mass is 79.9. The van der Waals surface area contributed by atoms with Crippen LogP contribution in [0.25, 0.3) is 0 Å². The smallest absolute Gasteiger partial charge is 0.147 e. The number of methoxy groups -OCH3 is 1. The Kier molecular flexibility index (Phi) is 9.72. The van der Waals surface area contributed by atoms with Crippen molar-refractivity contribution in [1.29, 1.82) is 0 Å². The van der Waals surface area contributed by atoms with E-state index >= 15 is 0 Å². The van der Waals surface area contributed by atoms with Crippen molar-refractivity contribution in [2.45, 2.75) is 19.4 Å². The molecule has 14 heavy (non-hydrogen) atoms. The van der Waals surface area contributed by atoms with Crippen LogP contribution < -0.4 is 0 Å². The van der Waals surface area contributed by atoms with Gasteiger partial charge in [0.2, 0.25) is 0 Å². The van der Waals surface area contributed by atoms with Gasteiger partial charge in [-0.2, -0.15) is 0 Å². The molecule has 0 aromatic rings. The van der Waals surface area contributed by atoms with Gasteiger partial charge in [-0.3, -0.25) is 0 Å². The molecule has 1 unspecified atom stereocenters. The number of halogens is 1. The van der Waals surface area contributed by atoms with Gasteiger partial charge < -0.3 is 14.2 Å². The van der Waals surface area contributed by atoms with Crippen LogP contribution in [0.5, 0.6) is 0 Å². The molecular weight excluding hydrogens is 248 g/mol. The summed E-state index contributed by atoms with van der Waals surface area (Å²) in [6, 6.07) is 0. The number of alkyl halides is 1. The summed E-state index contributed by atoms with van der Waals surface area (Å²) in [4.78, 5) is 0. The number of ether oxygens (including phenoxy) is 3. The highest BCUT2D eigenvalue weighted by Crippen LogP contribution is 2.09. The fourth-order valence-electron chi connectivity index (χ4n) is 0.903. The van der Waals surface area contributed by atoms with Crippen LogP contribution in [0.15, 0.2) is 12.2 Å². The average Bonchev–Trinajstić information content (AvgIpc) is 2.15. The minimum absolute atomic E-state index is 0.0805. The monoisotopic (exact) mass is 266 g/mol. The van der Waals surface area contributed by atoms with Crippen molar-refractivity contribution in [3.05, 3.63) is 12.2 Å². The first-order valence-electron chi connectivity index (χ1n) is 4.62. The number of hydrogen-bond acceptors (Lipinski definition) is 3. The lowest BCUT2D eigenvalue weighted by Crippen LogP contribution is -2.17. The minimum atomic E-state index is 0.0805. The highest BCUT2D eigenvalue weighted by molar-refractivity contribution is 9.09. The average molecular weight is 267 g/mol. The first kappa shape index (κ1) is 14.1. The third-order valence-electron chi connectivity index (χ3n) is 1.71. The number of rotatable bonds is 9. The summed E-state index contributed by atoms with van der Waals surface area (Å²) < 4.78 is 15.5. The maximum Gasteiger partial charge on any atom is 0.147 e. The molecule has 0 N–H and O–H groups in total. The van der Waals surface area contributed by atoms with Crippen molar-refractivity contribution in [1.82, 2.24) is 0 Å². The zero-order valence-electron chi connectivity index (χ0n) is 8.92. The third-order valence-corrected chi connectivity index (χ3v) is 2.16. The van der Waals surface area contributed by atoms with Gasteiger partial charge >= 0.3 is 0 Å². The lowest BCUT2D eigenvalue weighted by Gasteiger charge is -2.16. The molecule has 84 valence electrons. The predicted molar refractivity (Wildman–Crippen MR) is 60.8 cm³/mol.